The van der Waals surface area contributed by atoms with Gasteiger partial charge in [0.25, 0.3) is 5.91 Å². The van der Waals surface area contributed by atoms with Crippen LogP contribution in [0, 0.1) is 5.92 Å². The van der Waals surface area contributed by atoms with E-state index in [2.05, 4.69) is 9.97 Å². The Hall–Kier alpha value is -2.80. The van der Waals surface area contributed by atoms with Gasteiger partial charge in [-0.3, -0.25) is 14.6 Å². The molecule has 1 fully saturated rings. The molecule has 3 heterocycles. The largest absolute Gasteiger partial charge is 0.481 e. The number of carbonyl (C=O) groups is 2. The molecule has 2 atom stereocenters. The summed E-state index contributed by atoms with van der Waals surface area (Å²) in [4.78, 5) is 34.3. The fraction of sp³-hybridized carbons (Fsp3) is 0.333. The van der Waals surface area contributed by atoms with Gasteiger partial charge in [0, 0.05) is 38.5 Å². The van der Waals surface area contributed by atoms with Crippen molar-refractivity contribution in [2.24, 2.45) is 5.92 Å². The number of methoxy groups -OCH3 is 1. The molecule has 2 aromatic rings. The summed E-state index contributed by atoms with van der Waals surface area (Å²) >= 11 is 0. The third-order valence-corrected chi connectivity index (χ3v) is 4.35. The van der Waals surface area contributed by atoms with E-state index in [9.17, 15) is 14.7 Å². The number of pyridine rings is 2. The predicted octanol–water partition coefficient (Wildman–Crippen LogP) is 1.56. The number of hydrogen-bond acceptors (Lipinski definition) is 5. The number of amides is 1. The third-order valence-electron chi connectivity index (χ3n) is 4.35. The number of nitrogens with zero attached hydrogens (tertiary/aromatic N) is 3. The molecule has 0 unspecified atom stereocenters. The zero-order valence-electron chi connectivity index (χ0n) is 13.8. The predicted molar refractivity (Wildman–Crippen MR) is 89.0 cm³/mol. The highest BCUT2D eigenvalue weighted by Gasteiger charge is 2.41. The van der Waals surface area contributed by atoms with Crippen molar-refractivity contribution in [3.63, 3.8) is 0 Å². The second kappa shape index (κ2) is 7.40. The SMILES string of the molecule is COCc1cccc(C(=O)N2C[C@@H](C(=O)O)[C@H](c3cccnc3)C2)n1. The van der Waals surface area contributed by atoms with Crippen LogP contribution in [-0.4, -0.2) is 52.1 Å². The number of aliphatic carboxylic acids is 1. The molecule has 2 aromatic heterocycles. The molecule has 7 nitrogen and oxygen atoms in total. The Morgan fingerprint density at radius 2 is 2.12 bits per heavy atom. The topological polar surface area (TPSA) is 92.6 Å². The van der Waals surface area contributed by atoms with Crippen LogP contribution in [-0.2, 0) is 16.1 Å². The van der Waals surface area contributed by atoms with Crippen LogP contribution in [0.15, 0.2) is 42.7 Å². The Morgan fingerprint density at radius 3 is 2.80 bits per heavy atom. The number of carboxylic acid groups (broad SMARTS) is 1. The number of carbonyl (C=O) groups excluding carboxylic acids is 1. The summed E-state index contributed by atoms with van der Waals surface area (Å²) in [5.74, 6) is -2.12. The van der Waals surface area contributed by atoms with Gasteiger partial charge in [-0.05, 0) is 23.8 Å². The first kappa shape index (κ1) is 17.0. The monoisotopic (exact) mass is 341 g/mol. The molecule has 1 saturated heterocycles. The molecule has 0 spiro atoms. The van der Waals surface area contributed by atoms with Crippen molar-refractivity contribution < 1.29 is 19.4 Å². The maximum absolute atomic E-state index is 12.8. The van der Waals surface area contributed by atoms with Gasteiger partial charge in [0.1, 0.15) is 5.69 Å². The minimum Gasteiger partial charge on any atom is -0.481 e. The van der Waals surface area contributed by atoms with E-state index < -0.39 is 11.9 Å². The Balaban J connectivity index is 1.82. The van der Waals surface area contributed by atoms with Crippen molar-refractivity contribution in [1.82, 2.24) is 14.9 Å². The smallest absolute Gasteiger partial charge is 0.308 e. The van der Waals surface area contributed by atoms with Crippen LogP contribution < -0.4 is 0 Å². The normalized spacial score (nSPS) is 19.8. The van der Waals surface area contributed by atoms with Crippen molar-refractivity contribution in [2.45, 2.75) is 12.5 Å². The third kappa shape index (κ3) is 3.66. The molecule has 1 N–H and O–H groups in total. The molecular formula is C18H19N3O4. The van der Waals surface area contributed by atoms with Gasteiger partial charge in [0.15, 0.2) is 0 Å². The van der Waals surface area contributed by atoms with Gasteiger partial charge in [0.05, 0.1) is 18.2 Å². The molecular weight excluding hydrogens is 322 g/mol. The van der Waals surface area contributed by atoms with Crippen LogP contribution >= 0.6 is 0 Å². The number of hydrogen-bond donors (Lipinski definition) is 1. The molecule has 0 bridgehead atoms. The van der Waals surface area contributed by atoms with Crippen molar-refractivity contribution in [2.75, 3.05) is 20.2 Å². The standard InChI is InChI=1S/C18H19N3O4/c1-25-11-13-5-2-6-16(20-13)17(22)21-9-14(15(10-21)18(23)24)12-4-3-7-19-8-12/h2-8,14-15H,9-11H2,1H3,(H,23,24)/t14-,15+/m0/s1. The Labute approximate surface area is 145 Å². The van der Waals surface area contributed by atoms with E-state index >= 15 is 0 Å². The van der Waals surface area contributed by atoms with Crippen LogP contribution in [0.3, 0.4) is 0 Å². The number of aromatic nitrogens is 2. The maximum atomic E-state index is 12.8. The van der Waals surface area contributed by atoms with Gasteiger partial charge >= 0.3 is 5.97 Å². The van der Waals surface area contributed by atoms with E-state index in [0.29, 0.717) is 24.5 Å². The molecule has 1 aliphatic heterocycles. The minimum absolute atomic E-state index is 0.157. The molecule has 25 heavy (non-hydrogen) atoms. The van der Waals surface area contributed by atoms with Crippen LogP contribution in [0.4, 0.5) is 0 Å². The quantitative estimate of drug-likeness (QED) is 0.887. The van der Waals surface area contributed by atoms with Gasteiger partial charge < -0.3 is 14.7 Å². The summed E-state index contributed by atoms with van der Waals surface area (Å²) in [6.45, 7) is 0.804. The van der Waals surface area contributed by atoms with E-state index in [-0.39, 0.29) is 18.4 Å². The van der Waals surface area contributed by atoms with E-state index in [4.69, 9.17) is 4.74 Å². The maximum Gasteiger partial charge on any atom is 0.308 e. The van der Waals surface area contributed by atoms with Crippen molar-refractivity contribution in [1.29, 1.82) is 0 Å². The highest BCUT2D eigenvalue weighted by atomic mass is 16.5. The molecule has 0 radical (unpaired) electrons. The molecule has 7 heteroatoms. The summed E-state index contributed by atoms with van der Waals surface area (Å²) in [5, 5.41) is 9.54. The van der Waals surface area contributed by atoms with E-state index in [1.54, 1.807) is 48.7 Å². The molecule has 3 rings (SSSR count). The molecule has 1 amide bonds. The Morgan fingerprint density at radius 1 is 1.28 bits per heavy atom. The minimum atomic E-state index is -0.912. The first-order chi connectivity index (χ1) is 12.1. The van der Waals surface area contributed by atoms with Gasteiger partial charge in [-0.25, -0.2) is 4.98 Å². The highest BCUT2D eigenvalue weighted by Crippen LogP contribution is 2.33. The average molecular weight is 341 g/mol. The van der Waals surface area contributed by atoms with E-state index in [1.807, 2.05) is 6.07 Å². The Bertz CT molecular complexity index is 766. The zero-order chi connectivity index (χ0) is 17.8. The molecule has 0 aromatic carbocycles. The first-order valence-corrected chi connectivity index (χ1v) is 7.97. The fourth-order valence-corrected chi connectivity index (χ4v) is 3.14. The summed E-state index contributed by atoms with van der Waals surface area (Å²) in [7, 11) is 1.56. The lowest BCUT2D eigenvalue weighted by atomic mass is 9.90. The molecule has 130 valence electrons. The van der Waals surface area contributed by atoms with Crippen LogP contribution in [0.5, 0.6) is 0 Å². The molecule has 1 aliphatic rings. The first-order valence-electron chi connectivity index (χ1n) is 7.97. The lowest BCUT2D eigenvalue weighted by Gasteiger charge is -2.16. The average Bonchev–Trinajstić information content (AvgIpc) is 3.08. The number of likely N-dealkylation sites (tertiary alicyclic amines) is 1. The van der Waals surface area contributed by atoms with Crippen molar-refractivity contribution in [3.8, 4) is 0 Å². The van der Waals surface area contributed by atoms with Crippen LogP contribution in [0.25, 0.3) is 0 Å². The lowest BCUT2D eigenvalue weighted by Crippen LogP contribution is -2.30. The van der Waals surface area contributed by atoms with E-state index in [1.165, 1.54) is 0 Å². The van der Waals surface area contributed by atoms with Gasteiger partial charge in [-0.2, -0.15) is 0 Å². The van der Waals surface area contributed by atoms with Gasteiger partial charge in [-0.1, -0.05) is 12.1 Å². The number of rotatable bonds is 5. The highest BCUT2D eigenvalue weighted by molar-refractivity contribution is 5.93. The van der Waals surface area contributed by atoms with E-state index in [0.717, 1.165) is 5.56 Å². The second-order valence-corrected chi connectivity index (χ2v) is 5.99. The summed E-state index contributed by atoms with van der Waals surface area (Å²) < 4.78 is 5.04. The fourth-order valence-electron chi connectivity index (χ4n) is 3.14. The number of ether oxygens (including phenoxy) is 1. The lowest BCUT2D eigenvalue weighted by molar-refractivity contribution is -0.141. The van der Waals surface area contributed by atoms with Gasteiger partial charge in [0.2, 0.25) is 0 Å². The number of carboxylic acids is 1. The Kier molecular flexibility index (Phi) is 5.04. The second-order valence-electron chi connectivity index (χ2n) is 5.99. The molecule has 0 aliphatic carbocycles. The van der Waals surface area contributed by atoms with Crippen molar-refractivity contribution in [3.05, 3.63) is 59.7 Å². The van der Waals surface area contributed by atoms with Crippen molar-refractivity contribution >= 4 is 11.9 Å². The van der Waals surface area contributed by atoms with Gasteiger partial charge in [-0.15, -0.1) is 0 Å². The van der Waals surface area contributed by atoms with Crippen LogP contribution in [0.1, 0.15) is 27.7 Å². The summed E-state index contributed by atoms with van der Waals surface area (Å²) in [5.41, 5.74) is 1.78. The van der Waals surface area contributed by atoms with Crippen LogP contribution in [0.2, 0.25) is 0 Å². The summed E-state index contributed by atoms with van der Waals surface area (Å²) in [6, 6.07) is 8.78. The summed E-state index contributed by atoms with van der Waals surface area (Å²) in [6.07, 6.45) is 3.30. The zero-order valence-corrected chi connectivity index (χ0v) is 13.8. The molecule has 0 saturated carbocycles.